The lowest BCUT2D eigenvalue weighted by atomic mass is 9.70. The molecule has 4 rings (SSSR count). The molecule has 1 heterocycles. The largest absolute Gasteiger partial charge is 0.490 e. The topological polar surface area (TPSA) is 75.7 Å². The van der Waals surface area contributed by atoms with Crippen LogP contribution < -0.4 is 14.4 Å². The molecule has 2 aliphatic rings. The number of sulfonamides is 1. The molecule has 0 saturated heterocycles. The second kappa shape index (κ2) is 12.6. The van der Waals surface area contributed by atoms with Crippen molar-refractivity contribution in [3.63, 3.8) is 0 Å². The van der Waals surface area contributed by atoms with E-state index in [1.165, 1.54) is 17.2 Å². The molecule has 1 spiro atoms. The van der Waals surface area contributed by atoms with E-state index in [1.807, 2.05) is 6.07 Å². The number of halogens is 1. The zero-order valence-electron chi connectivity index (χ0n) is 23.6. The molecular weight excluding hydrogens is 544 g/mol. The Morgan fingerprint density at radius 2 is 1.98 bits per heavy atom. The number of hydrogen-bond acceptors (Lipinski definition) is 5. The van der Waals surface area contributed by atoms with Crippen molar-refractivity contribution >= 4 is 33.2 Å². The lowest BCUT2D eigenvalue weighted by molar-refractivity contribution is -0.118. The molecule has 8 heteroatoms. The number of fused-ring (bicyclic) bond motifs is 3. The summed E-state index contributed by atoms with van der Waals surface area (Å²) in [6, 6.07) is 11.2. The molecule has 1 atom stereocenters. The average Bonchev–Trinajstić information content (AvgIpc) is 3.06. The second-order valence-electron chi connectivity index (χ2n) is 10.8. The van der Waals surface area contributed by atoms with Crippen molar-refractivity contribution in [1.29, 1.82) is 0 Å². The van der Waals surface area contributed by atoms with Crippen LogP contribution in [-0.4, -0.2) is 33.5 Å². The summed E-state index contributed by atoms with van der Waals surface area (Å²) in [6.45, 7) is 10.9. The molecule has 40 heavy (non-hydrogen) atoms. The first-order chi connectivity index (χ1) is 19.1. The van der Waals surface area contributed by atoms with E-state index in [9.17, 15) is 13.2 Å². The van der Waals surface area contributed by atoms with Crippen LogP contribution >= 0.6 is 11.6 Å². The van der Waals surface area contributed by atoms with E-state index in [-0.39, 0.29) is 22.8 Å². The predicted octanol–water partition coefficient (Wildman–Crippen LogP) is 6.89. The summed E-state index contributed by atoms with van der Waals surface area (Å²) in [6.07, 6.45) is 11.7. The zero-order valence-corrected chi connectivity index (χ0v) is 25.2. The van der Waals surface area contributed by atoms with Crippen LogP contribution in [0.15, 0.2) is 77.7 Å². The van der Waals surface area contributed by atoms with E-state index in [0.29, 0.717) is 18.9 Å². The van der Waals surface area contributed by atoms with Crippen molar-refractivity contribution in [2.45, 2.75) is 75.6 Å². The van der Waals surface area contributed by atoms with Crippen molar-refractivity contribution in [1.82, 2.24) is 4.72 Å². The van der Waals surface area contributed by atoms with Gasteiger partial charge in [-0.2, -0.15) is 0 Å². The third kappa shape index (κ3) is 6.47. The molecule has 1 N–H and O–H groups in total. The van der Waals surface area contributed by atoms with Crippen LogP contribution in [0.25, 0.3) is 0 Å². The standard InChI is InChI=1S/C32H39ClN2O4S/c1-5-8-9-11-23(4)18-31(36)34-40(37,38)27-14-16-30-29(20-27)35(26(6-2)7-3)21-32(22-39-30)17-10-12-24-19-25(33)13-15-28(24)32/h5,8-9,11,13-16,19-20,26H,1,6-7,10,12,17-18,21-22H2,2-4H3,(H,34,36)/b9-8-,23-11+/t32-/m0/s1. The Bertz CT molecular complexity index is 1430. The Morgan fingerprint density at radius 1 is 1.20 bits per heavy atom. The molecule has 1 amide bonds. The molecule has 0 fully saturated rings. The van der Waals surface area contributed by atoms with Gasteiger partial charge in [-0.3, -0.25) is 4.79 Å². The number of anilines is 1. The first-order valence-corrected chi connectivity index (χ1v) is 15.8. The Balaban J connectivity index is 1.68. The van der Waals surface area contributed by atoms with Gasteiger partial charge in [-0.1, -0.05) is 68.0 Å². The maximum absolute atomic E-state index is 13.3. The van der Waals surface area contributed by atoms with Crippen molar-refractivity contribution in [2.24, 2.45) is 0 Å². The summed E-state index contributed by atoms with van der Waals surface area (Å²) >= 11 is 6.35. The molecule has 0 radical (unpaired) electrons. The highest BCUT2D eigenvalue weighted by molar-refractivity contribution is 7.90. The van der Waals surface area contributed by atoms with Crippen LogP contribution in [0.4, 0.5) is 5.69 Å². The van der Waals surface area contributed by atoms with Gasteiger partial charge in [0, 0.05) is 29.4 Å². The van der Waals surface area contributed by atoms with Gasteiger partial charge in [-0.25, -0.2) is 13.1 Å². The molecule has 1 aliphatic heterocycles. The number of hydrogen-bond donors (Lipinski definition) is 1. The van der Waals surface area contributed by atoms with E-state index in [2.05, 4.69) is 42.2 Å². The monoisotopic (exact) mass is 582 g/mol. The smallest absolute Gasteiger partial charge is 0.264 e. The molecule has 0 aromatic heterocycles. The Morgan fingerprint density at radius 3 is 2.70 bits per heavy atom. The lowest BCUT2D eigenvalue weighted by Crippen LogP contribution is -2.48. The number of carbonyl (C=O) groups is 1. The molecule has 1 aliphatic carbocycles. The maximum Gasteiger partial charge on any atom is 0.264 e. The summed E-state index contributed by atoms with van der Waals surface area (Å²) < 4.78 is 35.3. The highest BCUT2D eigenvalue weighted by atomic mass is 35.5. The number of nitrogens with zero attached hydrogens (tertiary/aromatic N) is 1. The first-order valence-electron chi connectivity index (χ1n) is 14.0. The highest BCUT2D eigenvalue weighted by Gasteiger charge is 2.43. The number of allylic oxidation sites excluding steroid dienone is 4. The highest BCUT2D eigenvalue weighted by Crippen LogP contribution is 2.45. The van der Waals surface area contributed by atoms with Crippen molar-refractivity contribution < 1.29 is 17.9 Å². The van der Waals surface area contributed by atoms with Crippen molar-refractivity contribution in [2.75, 3.05) is 18.1 Å². The van der Waals surface area contributed by atoms with Gasteiger partial charge in [0.05, 0.1) is 17.2 Å². The fourth-order valence-corrected chi connectivity index (χ4v) is 7.15. The summed E-state index contributed by atoms with van der Waals surface area (Å²) in [5.41, 5.74) is 3.76. The normalized spacial score (nSPS) is 19.2. The fraction of sp³-hybridized carbons (Fsp3) is 0.406. The number of rotatable bonds is 9. The van der Waals surface area contributed by atoms with E-state index in [1.54, 1.807) is 43.4 Å². The minimum absolute atomic E-state index is 0.0272. The molecule has 0 bridgehead atoms. The number of nitrogens with one attached hydrogen (secondary N) is 1. The van der Waals surface area contributed by atoms with E-state index in [0.717, 1.165) is 48.4 Å². The minimum atomic E-state index is -4.08. The third-order valence-electron chi connectivity index (χ3n) is 7.97. The number of ether oxygens (including phenoxy) is 1. The van der Waals surface area contributed by atoms with E-state index in [4.69, 9.17) is 16.3 Å². The number of amides is 1. The van der Waals surface area contributed by atoms with E-state index < -0.39 is 15.9 Å². The minimum Gasteiger partial charge on any atom is -0.490 e. The second-order valence-corrected chi connectivity index (χ2v) is 12.9. The number of aryl methyl sites for hydroxylation is 1. The van der Waals surface area contributed by atoms with Crippen LogP contribution in [0.3, 0.4) is 0 Å². The van der Waals surface area contributed by atoms with Gasteiger partial charge in [0.25, 0.3) is 10.0 Å². The molecule has 2 aromatic rings. The van der Waals surface area contributed by atoms with Gasteiger partial charge < -0.3 is 9.64 Å². The quantitative estimate of drug-likeness (QED) is 0.326. The summed E-state index contributed by atoms with van der Waals surface area (Å²) in [5.74, 6) is 0.0724. The van der Waals surface area contributed by atoms with Crippen LogP contribution in [0.2, 0.25) is 5.02 Å². The predicted molar refractivity (Wildman–Crippen MR) is 163 cm³/mol. The van der Waals surface area contributed by atoms with Crippen molar-refractivity contribution in [3.05, 3.63) is 89.0 Å². The van der Waals surface area contributed by atoms with Gasteiger partial charge in [-0.05, 0) is 80.5 Å². The maximum atomic E-state index is 13.3. The number of carbonyl (C=O) groups excluding carboxylic acids is 1. The van der Waals surface area contributed by atoms with Gasteiger partial charge in [0.1, 0.15) is 5.75 Å². The molecule has 2 aromatic carbocycles. The summed E-state index contributed by atoms with van der Waals surface area (Å²) in [5, 5.41) is 0.737. The first kappa shape index (κ1) is 29.9. The molecule has 214 valence electrons. The average molecular weight is 583 g/mol. The van der Waals surface area contributed by atoms with Gasteiger partial charge >= 0.3 is 0 Å². The van der Waals surface area contributed by atoms with Crippen LogP contribution in [0, 0.1) is 0 Å². The fourth-order valence-electron chi connectivity index (χ4n) is 5.95. The lowest BCUT2D eigenvalue weighted by Gasteiger charge is -2.43. The Kier molecular flexibility index (Phi) is 9.47. The Hall–Kier alpha value is -3.03. The van der Waals surface area contributed by atoms with Crippen LogP contribution in [-0.2, 0) is 26.7 Å². The molecular formula is C32H39ClN2O4S. The molecule has 6 nitrogen and oxygen atoms in total. The Labute approximate surface area is 243 Å². The third-order valence-corrected chi connectivity index (χ3v) is 9.57. The van der Waals surface area contributed by atoms with Gasteiger partial charge in [0.15, 0.2) is 0 Å². The van der Waals surface area contributed by atoms with E-state index >= 15 is 0 Å². The summed E-state index contributed by atoms with van der Waals surface area (Å²) in [7, 11) is -4.08. The van der Waals surface area contributed by atoms with Crippen LogP contribution in [0.5, 0.6) is 5.75 Å². The molecule has 0 unspecified atom stereocenters. The molecule has 0 saturated carbocycles. The summed E-state index contributed by atoms with van der Waals surface area (Å²) in [4.78, 5) is 15.0. The van der Waals surface area contributed by atoms with Crippen LogP contribution in [0.1, 0.15) is 64.0 Å². The SMILES string of the molecule is C=C/C=C\C=C(/C)CC(=O)NS(=O)(=O)c1ccc2c(c1)N(C(CC)CC)C[C@@]1(CCCc3cc(Cl)ccc31)CO2. The number of benzene rings is 2. The van der Waals surface area contributed by atoms with Crippen molar-refractivity contribution in [3.8, 4) is 5.75 Å². The zero-order chi connectivity index (χ0) is 28.9. The van der Waals surface area contributed by atoms with Gasteiger partial charge in [-0.15, -0.1) is 0 Å². The van der Waals surface area contributed by atoms with Gasteiger partial charge in [0.2, 0.25) is 5.91 Å².